The molecule has 0 bridgehead atoms. The number of likely N-dealkylation sites (N-methyl/N-ethyl adjacent to an activating group) is 1. The zero-order chi connectivity index (χ0) is 35.4. The zero-order valence-electron chi connectivity index (χ0n) is 29.1. The van der Waals surface area contributed by atoms with Gasteiger partial charge in [0.1, 0.15) is 35.6 Å². The Bertz CT molecular complexity index is 2000. The summed E-state index contributed by atoms with van der Waals surface area (Å²) in [6.45, 7) is 6.24. The molecule has 2 N–H and O–H groups in total. The molecule has 8 rings (SSSR count). The van der Waals surface area contributed by atoms with E-state index in [2.05, 4.69) is 30.0 Å². The lowest BCUT2D eigenvalue weighted by Gasteiger charge is -2.31. The Morgan fingerprint density at radius 2 is 2.00 bits per heavy atom. The highest BCUT2D eigenvalue weighted by molar-refractivity contribution is 5.93. The Labute approximate surface area is 294 Å². The molecule has 0 radical (unpaired) electrons. The van der Waals surface area contributed by atoms with Gasteiger partial charge in [-0.15, -0.1) is 0 Å². The molecule has 3 atom stereocenters. The van der Waals surface area contributed by atoms with Crippen molar-refractivity contribution in [2.45, 2.75) is 82.0 Å². The smallest absolute Gasteiger partial charge is 0.319 e. The summed E-state index contributed by atoms with van der Waals surface area (Å²) in [4.78, 5) is 41.8. The molecule has 15 heteroatoms. The molecular weight excluding hydrogens is 658 g/mol. The number of nitrogens with zero attached hydrogens (tertiary/aromatic N) is 9. The third-order valence-corrected chi connectivity index (χ3v) is 10.8. The minimum atomic E-state index is -0.918. The number of rotatable bonds is 10. The summed E-state index contributed by atoms with van der Waals surface area (Å²) in [6, 6.07) is 3.48. The number of carbonyl (C=O) groups is 1. The Morgan fingerprint density at radius 1 is 1.16 bits per heavy atom. The number of halogens is 2. The monoisotopic (exact) mass is 700 g/mol. The van der Waals surface area contributed by atoms with Gasteiger partial charge in [0.25, 0.3) is 5.89 Å². The number of alkyl halides is 1. The fraction of sp³-hybridized carbons (Fsp3) is 0.528. The van der Waals surface area contributed by atoms with Crippen molar-refractivity contribution >= 4 is 34.5 Å². The van der Waals surface area contributed by atoms with Crippen molar-refractivity contribution in [2.24, 2.45) is 0 Å². The molecule has 0 spiro atoms. The Balaban J connectivity index is 1.10. The summed E-state index contributed by atoms with van der Waals surface area (Å²) in [5.74, 6) is 1.10. The van der Waals surface area contributed by atoms with Gasteiger partial charge in [0.15, 0.2) is 11.6 Å². The average Bonchev–Trinajstić information content (AvgIpc) is 3.42. The number of nitrogens with two attached hydrogens (primary N) is 1. The standard InChI is InChI=1S/C36H42F2N10O3/c1-20(2)33-42-27(51-45-33)9-10-28(49)47-14-11-23(18-47)46(3)34-25-16-40-32(31-24(21-5-6-21)7-8-26(39)41-31)29(38)30(25)43-35(44-34)50-19-36-12-4-13-48(36)17-22(37)15-36/h7-10,16,20-23H,4-6,11-15,17-19H2,1-3H3,(H2,39,41)/b10-9+/t22-,23-,36+/m1/s1. The summed E-state index contributed by atoms with van der Waals surface area (Å²) in [6.07, 6.45) is 8.41. The van der Waals surface area contributed by atoms with Gasteiger partial charge >= 0.3 is 6.01 Å². The van der Waals surface area contributed by atoms with Gasteiger partial charge in [-0.25, -0.2) is 13.8 Å². The van der Waals surface area contributed by atoms with Gasteiger partial charge in [-0.05, 0) is 56.2 Å². The highest BCUT2D eigenvalue weighted by atomic mass is 19.1. The first kappa shape index (κ1) is 33.4. The summed E-state index contributed by atoms with van der Waals surface area (Å²) in [7, 11) is 1.87. The molecule has 4 aromatic heterocycles. The number of anilines is 2. The van der Waals surface area contributed by atoms with Gasteiger partial charge in [-0.2, -0.15) is 15.0 Å². The van der Waals surface area contributed by atoms with E-state index < -0.39 is 17.5 Å². The molecule has 4 aliphatic rings. The molecule has 7 heterocycles. The highest BCUT2D eigenvalue weighted by Crippen LogP contribution is 2.45. The van der Waals surface area contributed by atoms with Crippen molar-refractivity contribution in [3.8, 4) is 17.4 Å². The number of nitrogen functional groups attached to an aromatic ring is 1. The third kappa shape index (κ3) is 6.36. The predicted octanol–water partition coefficient (Wildman–Crippen LogP) is 4.90. The Hall–Kier alpha value is -4.79. The SMILES string of the molecule is CC(C)c1noc(/C=C/C(=O)N2CC[C@@H](N(C)c3nc(OC[C@@]45CCCN4C[C@H](F)C5)nc4c(F)c(-c5nc(N)ccc5C5CC5)ncc34)C2)n1. The molecule has 1 saturated carbocycles. The van der Waals surface area contributed by atoms with Crippen LogP contribution in [-0.4, -0.2) is 103 Å². The molecule has 4 aromatic rings. The molecule has 51 heavy (non-hydrogen) atoms. The summed E-state index contributed by atoms with van der Waals surface area (Å²) in [5, 5.41) is 4.34. The molecule has 268 valence electrons. The van der Waals surface area contributed by atoms with Crippen molar-refractivity contribution in [1.29, 1.82) is 0 Å². The fourth-order valence-electron chi connectivity index (χ4n) is 7.79. The molecule has 4 fully saturated rings. The lowest BCUT2D eigenvalue weighted by Crippen LogP contribution is -2.43. The topological polar surface area (TPSA) is 153 Å². The van der Waals surface area contributed by atoms with Crippen LogP contribution >= 0.6 is 0 Å². The van der Waals surface area contributed by atoms with E-state index in [0.29, 0.717) is 55.2 Å². The lowest BCUT2D eigenvalue weighted by atomic mass is 9.95. The maximum absolute atomic E-state index is 16.8. The molecule has 0 aromatic carbocycles. The van der Waals surface area contributed by atoms with Crippen molar-refractivity contribution in [3.05, 3.63) is 47.5 Å². The third-order valence-electron chi connectivity index (χ3n) is 10.8. The first-order valence-electron chi connectivity index (χ1n) is 17.8. The van der Waals surface area contributed by atoms with Crippen LogP contribution in [0, 0.1) is 5.82 Å². The largest absolute Gasteiger partial charge is 0.461 e. The first-order chi connectivity index (χ1) is 24.6. The average molecular weight is 701 g/mol. The molecule has 0 unspecified atom stereocenters. The van der Waals surface area contributed by atoms with Crippen LogP contribution in [0.5, 0.6) is 6.01 Å². The zero-order valence-corrected chi connectivity index (χ0v) is 29.1. The summed E-state index contributed by atoms with van der Waals surface area (Å²) < 4.78 is 42.8. The van der Waals surface area contributed by atoms with E-state index in [1.54, 1.807) is 17.2 Å². The van der Waals surface area contributed by atoms with Crippen molar-refractivity contribution in [1.82, 2.24) is 39.9 Å². The van der Waals surface area contributed by atoms with Gasteiger partial charge < -0.3 is 24.8 Å². The number of hydrogen-bond donors (Lipinski definition) is 1. The van der Waals surface area contributed by atoms with Crippen LogP contribution in [0.2, 0.25) is 0 Å². The van der Waals surface area contributed by atoms with Gasteiger partial charge in [0.05, 0.1) is 16.6 Å². The maximum atomic E-state index is 16.8. The van der Waals surface area contributed by atoms with E-state index in [0.717, 1.165) is 37.8 Å². The van der Waals surface area contributed by atoms with E-state index in [-0.39, 0.29) is 59.3 Å². The number of pyridine rings is 2. The van der Waals surface area contributed by atoms with Gasteiger partial charge in [-0.1, -0.05) is 25.1 Å². The number of ether oxygens (including phenoxy) is 1. The predicted molar refractivity (Wildman–Crippen MR) is 186 cm³/mol. The normalized spacial score (nSPS) is 23.6. The van der Waals surface area contributed by atoms with Crippen molar-refractivity contribution in [3.63, 3.8) is 0 Å². The number of fused-ring (bicyclic) bond motifs is 2. The Kier molecular flexibility index (Phi) is 8.55. The first-order valence-corrected chi connectivity index (χ1v) is 17.8. The minimum Gasteiger partial charge on any atom is -0.461 e. The fourth-order valence-corrected chi connectivity index (χ4v) is 7.79. The van der Waals surface area contributed by atoms with Crippen LogP contribution in [0.15, 0.2) is 28.9 Å². The maximum Gasteiger partial charge on any atom is 0.319 e. The van der Waals surface area contributed by atoms with Crippen LogP contribution < -0.4 is 15.4 Å². The molecule has 3 saturated heterocycles. The molecular formula is C36H42F2N10O3. The van der Waals surface area contributed by atoms with Crippen molar-refractivity contribution < 1.29 is 22.8 Å². The molecule has 3 aliphatic heterocycles. The van der Waals surface area contributed by atoms with E-state index >= 15 is 4.39 Å². The quantitative estimate of drug-likeness (QED) is 0.224. The van der Waals surface area contributed by atoms with Crippen LogP contribution in [0.25, 0.3) is 28.4 Å². The summed E-state index contributed by atoms with van der Waals surface area (Å²) in [5.41, 5.74) is 7.05. The second-order valence-electron chi connectivity index (χ2n) is 14.6. The van der Waals surface area contributed by atoms with Crippen LogP contribution in [0.3, 0.4) is 0 Å². The van der Waals surface area contributed by atoms with Crippen LogP contribution in [0.4, 0.5) is 20.4 Å². The molecule has 13 nitrogen and oxygen atoms in total. The molecule has 1 aliphatic carbocycles. The van der Waals surface area contributed by atoms with Crippen molar-refractivity contribution in [2.75, 3.05) is 50.5 Å². The number of hydrogen-bond acceptors (Lipinski definition) is 12. The van der Waals surface area contributed by atoms with E-state index in [1.807, 2.05) is 31.9 Å². The second kappa shape index (κ2) is 13.1. The highest BCUT2D eigenvalue weighted by Gasteiger charge is 2.49. The van der Waals surface area contributed by atoms with E-state index in [9.17, 15) is 9.18 Å². The second-order valence-corrected chi connectivity index (χ2v) is 14.6. The number of carbonyl (C=O) groups excluding carboxylic acids is 1. The number of amides is 1. The summed E-state index contributed by atoms with van der Waals surface area (Å²) >= 11 is 0. The Morgan fingerprint density at radius 3 is 2.78 bits per heavy atom. The number of aromatic nitrogens is 6. The van der Waals surface area contributed by atoms with Gasteiger partial charge in [0, 0.05) is 63.4 Å². The van der Waals surface area contributed by atoms with Gasteiger partial charge in [0.2, 0.25) is 5.91 Å². The van der Waals surface area contributed by atoms with E-state index in [1.165, 1.54) is 12.2 Å². The number of likely N-dealkylation sites (tertiary alicyclic amines) is 1. The lowest BCUT2D eigenvalue weighted by molar-refractivity contribution is -0.124. The molecule has 1 amide bonds. The minimum absolute atomic E-state index is 0.000992. The van der Waals surface area contributed by atoms with E-state index in [4.69, 9.17) is 20.0 Å². The van der Waals surface area contributed by atoms with Gasteiger partial charge in [-0.3, -0.25) is 14.7 Å². The van der Waals surface area contributed by atoms with Crippen LogP contribution in [-0.2, 0) is 4.79 Å². The van der Waals surface area contributed by atoms with Crippen LogP contribution in [0.1, 0.15) is 81.5 Å².